The molecule has 0 saturated heterocycles. The van der Waals surface area contributed by atoms with Gasteiger partial charge in [0.1, 0.15) is 0 Å². The van der Waals surface area contributed by atoms with E-state index in [0.29, 0.717) is 11.3 Å². The van der Waals surface area contributed by atoms with Gasteiger partial charge >= 0.3 is 6.18 Å². The van der Waals surface area contributed by atoms with Crippen molar-refractivity contribution in [2.75, 3.05) is 0 Å². The molecule has 0 aliphatic carbocycles. The number of aliphatic hydroxyl groups excluding tert-OH is 1. The highest BCUT2D eigenvalue weighted by Crippen LogP contribution is 2.32. The molecule has 8 heteroatoms. The molecule has 1 heterocycles. The molecule has 3 nitrogen and oxygen atoms in total. The van der Waals surface area contributed by atoms with Crippen LogP contribution in [0.5, 0.6) is 0 Å². The zero-order valence-electron chi connectivity index (χ0n) is 5.42. The van der Waals surface area contributed by atoms with E-state index in [1.165, 1.54) is 0 Å². The van der Waals surface area contributed by atoms with Crippen molar-refractivity contribution >= 4 is 23.6 Å². The molecular formula is C4H3F3N2OS2. The highest BCUT2D eigenvalue weighted by Gasteiger charge is 2.41. The van der Waals surface area contributed by atoms with Gasteiger partial charge in [-0.1, -0.05) is 11.3 Å². The summed E-state index contributed by atoms with van der Waals surface area (Å²) in [6.45, 7) is 0. The molecule has 0 bridgehead atoms. The topological polar surface area (TPSA) is 48.9 Å². The smallest absolute Gasteiger partial charge is 0.377 e. The van der Waals surface area contributed by atoms with Crippen molar-refractivity contribution in [2.45, 2.75) is 12.3 Å². The summed E-state index contributed by atoms with van der Waals surface area (Å²) in [6, 6.07) is 0. The molecule has 0 spiro atoms. The van der Waals surface area contributed by atoms with Crippen molar-refractivity contribution in [3.63, 3.8) is 0 Å². The third kappa shape index (κ3) is 2.02. The van der Waals surface area contributed by atoms with Gasteiger partial charge in [-0.05, 0) is 12.2 Å². The number of aliphatic hydroxyl groups is 1. The van der Waals surface area contributed by atoms with Gasteiger partial charge in [-0.25, -0.2) is 0 Å². The average Bonchev–Trinajstić information content (AvgIpc) is 2.32. The van der Waals surface area contributed by atoms with Crippen molar-refractivity contribution in [3.8, 4) is 0 Å². The molecule has 68 valence electrons. The van der Waals surface area contributed by atoms with Crippen LogP contribution in [-0.4, -0.2) is 21.5 Å². The number of H-pyrrole nitrogens is 1. The van der Waals surface area contributed by atoms with E-state index in [4.69, 9.17) is 5.11 Å². The molecule has 0 aromatic carbocycles. The Hall–Kier alpha value is -0.470. The third-order valence-corrected chi connectivity index (χ3v) is 2.14. The predicted octanol–water partition coefficient (Wildman–Crippen LogP) is 1.80. The monoisotopic (exact) mass is 216 g/mol. The zero-order chi connectivity index (χ0) is 9.35. The number of nitrogens with one attached hydrogen (secondary N) is 1. The molecule has 1 rings (SSSR count). The first-order valence-electron chi connectivity index (χ1n) is 2.71. The maximum atomic E-state index is 11.8. The minimum Gasteiger partial charge on any atom is -0.377 e. The lowest BCUT2D eigenvalue weighted by Crippen LogP contribution is -2.19. The molecule has 0 fully saturated rings. The molecule has 2 N–H and O–H groups in total. The van der Waals surface area contributed by atoms with Gasteiger partial charge < -0.3 is 5.11 Å². The summed E-state index contributed by atoms with van der Waals surface area (Å²) in [5, 5.41) is 13.5. The Morgan fingerprint density at radius 2 is 2.17 bits per heavy atom. The van der Waals surface area contributed by atoms with Gasteiger partial charge in [0, 0.05) is 0 Å². The van der Waals surface area contributed by atoms with E-state index in [-0.39, 0.29) is 3.95 Å². The second-order valence-electron chi connectivity index (χ2n) is 1.90. The van der Waals surface area contributed by atoms with Crippen LogP contribution in [0.3, 0.4) is 0 Å². The van der Waals surface area contributed by atoms with Crippen LogP contribution in [0.4, 0.5) is 13.2 Å². The zero-order valence-corrected chi connectivity index (χ0v) is 7.06. The highest BCUT2D eigenvalue weighted by molar-refractivity contribution is 7.73. The highest BCUT2D eigenvalue weighted by atomic mass is 32.1. The Kier molecular flexibility index (Phi) is 2.49. The maximum absolute atomic E-state index is 11.8. The molecular weight excluding hydrogens is 213 g/mol. The van der Waals surface area contributed by atoms with Crippen LogP contribution in [-0.2, 0) is 0 Å². The number of nitrogens with zero attached hydrogens (tertiary/aromatic N) is 1. The first-order chi connectivity index (χ1) is 5.41. The van der Waals surface area contributed by atoms with Crippen molar-refractivity contribution in [1.82, 2.24) is 10.2 Å². The Balaban J connectivity index is 2.92. The summed E-state index contributed by atoms with van der Waals surface area (Å²) in [7, 11) is 0. The molecule has 0 aliphatic rings. The Bertz CT molecular complexity index is 317. The number of hydrogen-bond donors (Lipinski definition) is 2. The van der Waals surface area contributed by atoms with Crippen LogP contribution < -0.4 is 0 Å². The van der Waals surface area contributed by atoms with E-state index >= 15 is 0 Å². The molecule has 12 heavy (non-hydrogen) atoms. The van der Waals surface area contributed by atoms with Crippen molar-refractivity contribution in [1.29, 1.82) is 0 Å². The lowest BCUT2D eigenvalue weighted by atomic mass is 10.4. The normalized spacial score (nSPS) is 14.7. The fourth-order valence-corrected chi connectivity index (χ4v) is 1.42. The molecule has 0 saturated carbocycles. The molecule has 0 amide bonds. The van der Waals surface area contributed by atoms with Crippen LogP contribution in [0.1, 0.15) is 11.1 Å². The quantitative estimate of drug-likeness (QED) is 0.704. The SMILES string of the molecule is OC(c1n[nH]c(=S)s1)C(F)(F)F. The Morgan fingerprint density at radius 1 is 1.58 bits per heavy atom. The first-order valence-corrected chi connectivity index (χ1v) is 3.94. The summed E-state index contributed by atoms with van der Waals surface area (Å²) < 4.78 is 35.5. The van der Waals surface area contributed by atoms with Gasteiger partial charge in [-0.2, -0.15) is 18.3 Å². The lowest BCUT2D eigenvalue weighted by Gasteiger charge is -2.09. The van der Waals surface area contributed by atoms with E-state index in [0.717, 1.165) is 0 Å². The van der Waals surface area contributed by atoms with Crippen molar-refractivity contribution in [3.05, 3.63) is 8.96 Å². The number of hydrogen-bond acceptors (Lipinski definition) is 4. The standard InChI is InChI=1S/C4H3F3N2OS2/c5-4(6,7)1(10)2-8-9-3(11)12-2/h1,10H,(H,9,11). The number of alkyl halides is 3. The van der Waals surface area contributed by atoms with Crippen LogP contribution in [0.15, 0.2) is 0 Å². The summed E-state index contributed by atoms with van der Waals surface area (Å²) >= 11 is 5.10. The number of halogens is 3. The predicted molar refractivity (Wildman–Crippen MR) is 38.3 cm³/mol. The van der Waals surface area contributed by atoms with Crippen molar-refractivity contribution < 1.29 is 18.3 Å². The summed E-state index contributed by atoms with van der Waals surface area (Å²) in [5.41, 5.74) is 0. The van der Waals surface area contributed by atoms with E-state index < -0.39 is 17.3 Å². The van der Waals surface area contributed by atoms with E-state index in [1.807, 2.05) is 0 Å². The Labute approximate surface area is 73.9 Å². The average molecular weight is 216 g/mol. The van der Waals surface area contributed by atoms with Crippen LogP contribution in [0.2, 0.25) is 0 Å². The minimum absolute atomic E-state index is 0.105. The second kappa shape index (κ2) is 3.11. The second-order valence-corrected chi connectivity index (χ2v) is 3.59. The molecule has 1 aromatic heterocycles. The summed E-state index contributed by atoms with van der Waals surface area (Å²) in [4.78, 5) is 0. The first kappa shape index (κ1) is 9.62. The lowest BCUT2D eigenvalue weighted by molar-refractivity contribution is -0.206. The number of rotatable bonds is 1. The van der Waals surface area contributed by atoms with Crippen LogP contribution in [0, 0.1) is 3.95 Å². The third-order valence-electron chi connectivity index (χ3n) is 0.999. The van der Waals surface area contributed by atoms with E-state index in [9.17, 15) is 13.2 Å². The molecule has 1 aromatic rings. The van der Waals surface area contributed by atoms with Crippen molar-refractivity contribution in [2.24, 2.45) is 0 Å². The van der Waals surface area contributed by atoms with Gasteiger partial charge in [0.2, 0.25) is 6.10 Å². The largest absolute Gasteiger partial charge is 0.421 e. The van der Waals surface area contributed by atoms with Gasteiger partial charge in [0.25, 0.3) is 0 Å². The Morgan fingerprint density at radius 3 is 2.50 bits per heavy atom. The summed E-state index contributed by atoms with van der Waals surface area (Å²) in [5.74, 6) is 0. The minimum atomic E-state index is -4.69. The van der Waals surface area contributed by atoms with Gasteiger partial charge in [0.15, 0.2) is 8.96 Å². The molecule has 0 aliphatic heterocycles. The fraction of sp³-hybridized carbons (Fsp3) is 0.500. The number of aromatic amines is 1. The van der Waals surface area contributed by atoms with Gasteiger partial charge in [-0.15, -0.1) is 0 Å². The molecule has 1 unspecified atom stereocenters. The number of aromatic nitrogens is 2. The molecule has 1 atom stereocenters. The van der Waals surface area contributed by atoms with Crippen LogP contribution in [0.25, 0.3) is 0 Å². The summed E-state index contributed by atoms with van der Waals surface area (Å²) in [6.07, 6.45) is -7.23. The maximum Gasteiger partial charge on any atom is 0.421 e. The van der Waals surface area contributed by atoms with Gasteiger partial charge in [-0.3, -0.25) is 5.10 Å². The fourth-order valence-electron chi connectivity index (χ4n) is 0.498. The van der Waals surface area contributed by atoms with Crippen LogP contribution >= 0.6 is 23.6 Å². The van der Waals surface area contributed by atoms with E-state index in [1.54, 1.807) is 0 Å². The van der Waals surface area contributed by atoms with E-state index in [2.05, 4.69) is 22.4 Å². The van der Waals surface area contributed by atoms with Gasteiger partial charge in [0.05, 0.1) is 0 Å². The molecule has 0 radical (unpaired) electrons.